The Labute approximate surface area is 224 Å². The van der Waals surface area contributed by atoms with E-state index in [2.05, 4.69) is 10.3 Å². The maximum atomic E-state index is 13.8. The smallest absolute Gasteiger partial charge is 0.330 e. The monoisotopic (exact) mass is 534 g/mol. The largest absolute Gasteiger partial charge is 0.383 e. The zero-order valence-electron chi connectivity index (χ0n) is 21.7. The van der Waals surface area contributed by atoms with Crippen LogP contribution >= 0.6 is 0 Å². The SMILES string of the molecule is CC[C@]1(c2ccccc2)NC(=O)N(CC(=O)N(Cc2ccccc2)c2c(N)n(CCOC)c(=O)[nH]c2=O)C1=O. The minimum atomic E-state index is -1.33. The summed E-state index contributed by atoms with van der Waals surface area (Å²) in [7, 11) is 1.45. The quantitative estimate of drug-likeness (QED) is 0.329. The van der Waals surface area contributed by atoms with Gasteiger partial charge < -0.3 is 15.8 Å². The van der Waals surface area contributed by atoms with Gasteiger partial charge in [0.1, 0.15) is 17.9 Å². The van der Waals surface area contributed by atoms with Crippen LogP contribution in [0.4, 0.5) is 16.3 Å². The maximum absolute atomic E-state index is 13.8. The summed E-state index contributed by atoms with van der Waals surface area (Å²) in [6, 6.07) is 16.9. The van der Waals surface area contributed by atoms with Crippen molar-refractivity contribution in [1.29, 1.82) is 0 Å². The first-order valence-corrected chi connectivity index (χ1v) is 12.4. The van der Waals surface area contributed by atoms with Crippen molar-refractivity contribution in [2.75, 3.05) is 30.9 Å². The van der Waals surface area contributed by atoms with Gasteiger partial charge in [0.15, 0.2) is 5.69 Å². The number of nitrogens with two attached hydrogens (primary N) is 1. The van der Waals surface area contributed by atoms with E-state index in [0.717, 1.165) is 14.4 Å². The molecule has 12 heteroatoms. The first-order chi connectivity index (χ1) is 18.7. The van der Waals surface area contributed by atoms with Crippen LogP contribution in [0.1, 0.15) is 24.5 Å². The lowest BCUT2D eigenvalue weighted by Gasteiger charge is -2.27. The van der Waals surface area contributed by atoms with Gasteiger partial charge in [-0.3, -0.25) is 33.7 Å². The highest BCUT2D eigenvalue weighted by atomic mass is 16.5. The van der Waals surface area contributed by atoms with Crippen molar-refractivity contribution in [3.05, 3.63) is 92.6 Å². The molecular formula is C27H30N6O6. The minimum absolute atomic E-state index is 0.0292. The highest BCUT2D eigenvalue weighted by Gasteiger charge is 2.52. The van der Waals surface area contributed by atoms with E-state index < -0.39 is 41.2 Å². The second-order valence-electron chi connectivity index (χ2n) is 9.05. The third kappa shape index (κ3) is 5.18. The third-order valence-electron chi connectivity index (χ3n) is 6.75. The number of amides is 4. The number of rotatable bonds is 10. The van der Waals surface area contributed by atoms with E-state index in [0.29, 0.717) is 11.1 Å². The number of carbonyl (C=O) groups is 3. The Bertz CT molecular complexity index is 1490. The molecule has 1 atom stereocenters. The zero-order chi connectivity index (χ0) is 28.2. The van der Waals surface area contributed by atoms with Gasteiger partial charge in [0, 0.05) is 7.11 Å². The highest BCUT2D eigenvalue weighted by molar-refractivity contribution is 6.11. The second kappa shape index (κ2) is 11.4. The van der Waals surface area contributed by atoms with E-state index in [1.165, 1.54) is 7.11 Å². The van der Waals surface area contributed by atoms with Gasteiger partial charge in [-0.2, -0.15) is 0 Å². The number of nitrogens with one attached hydrogen (secondary N) is 2. The molecule has 12 nitrogen and oxygen atoms in total. The molecule has 4 amide bonds. The molecule has 3 aromatic rings. The van der Waals surface area contributed by atoms with Gasteiger partial charge >= 0.3 is 11.7 Å². The summed E-state index contributed by atoms with van der Waals surface area (Å²) in [5, 5.41) is 2.74. The third-order valence-corrected chi connectivity index (χ3v) is 6.75. The van der Waals surface area contributed by atoms with E-state index in [9.17, 15) is 24.0 Å². The van der Waals surface area contributed by atoms with E-state index in [-0.39, 0.29) is 37.6 Å². The molecule has 1 aromatic heterocycles. The number of hydrogen-bond donors (Lipinski definition) is 3. The van der Waals surface area contributed by atoms with Gasteiger partial charge in [-0.15, -0.1) is 0 Å². The van der Waals surface area contributed by atoms with Crippen molar-refractivity contribution in [2.45, 2.75) is 32.0 Å². The fourth-order valence-corrected chi connectivity index (χ4v) is 4.65. The predicted octanol–water partition coefficient (Wildman–Crippen LogP) is 1.16. The molecule has 204 valence electrons. The number of hydrogen-bond acceptors (Lipinski definition) is 7. The number of urea groups is 1. The summed E-state index contributed by atoms with van der Waals surface area (Å²) >= 11 is 0. The Kier molecular flexibility index (Phi) is 7.96. The van der Waals surface area contributed by atoms with Crippen LogP contribution in [-0.2, 0) is 33.0 Å². The number of aromatic nitrogens is 2. The molecule has 1 aliphatic rings. The Morgan fingerprint density at radius 1 is 1.03 bits per heavy atom. The number of nitrogen functional groups attached to an aromatic ring is 1. The van der Waals surface area contributed by atoms with Crippen LogP contribution in [0.2, 0.25) is 0 Å². The summed E-state index contributed by atoms with van der Waals surface area (Å²) < 4.78 is 6.13. The zero-order valence-corrected chi connectivity index (χ0v) is 21.7. The normalized spacial score (nSPS) is 16.8. The Hall–Kier alpha value is -4.71. The summed E-state index contributed by atoms with van der Waals surface area (Å²) in [6.07, 6.45) is 0.261. The van der Waals surface area contributed by atoms with Gasteiger partial charge in [-0.25, -0.2) is 9.59 Å². The number of ether oxygens (including phenoxy) is 1. The topological polar surface area (TPSA) is 160 Å². The Morgan fingerprint density at radius 3 is 2.28 bits per heavy atom. The average molecular weight is 535 g/mol. The number of carbonyl (C=O) groups excluding carboxylic acids is 3. The lowest BCUT2D eigenvalue weighted by atomic mass is 9.87. The fourth-order valence-electron chi connectivity index (χ4n) is 4.65. The molecule has 0 aliphatic carbocycles. The molecule has 4 rings (SSSR count). The molecule has 1 aliphatic heterocycles. The van der Waals surface area contributed by atoms with E-state index in [1.807, 2.05) is 0 Å². The van der Waals surface area contributed by atoms with Crippen LogP contribution in [-0.4, -0.2) is 52.6 Å². The molecule has 0 spiro atoms. The number of anilines is 2. The van der Waals surface area contributed by atoms with Crippen molar-refractivity contribution >= 4 is 29.4 Å². The Balaban J connectivity index is 1.73. The average Bonchev–Trinajstić information content (AvgIpc) is 3.18. The van der Waals surface area contributed by atoms with Crippen LogP contribution in [0.25, 0.3) is 0 Å². The number of nitrogens with zero attached hydrogens (tertiary/aromatic N) is 3. The van der Waals surface area contributed by atoms with Gasteiger partial charge in [0.05, 0.1) is 19.7 Å². The maximum Gasteiger partial charge on any atom is 0.330 e. The van der Waals surface area contributed by atoms with Crippen molar-refractivity contribution in [3.8, 4) is 0 Å². The van der Waals surface area contributed by atoms with Crippen molar-refractivity contribution in [2.24, 2.45) is 0 Å². The highest BCUT2D eigenvalue weighted by Crippen LogP contribution is 2.32. The van der Waals surface area contributed by atoms with Crippen LogP contribution in [0, 0.1) is 0 Å². The van der Waals surface area contributed by atoms with Crippen LogP contribution in [0.15, 0.2) is 70.3 Å². The lowest BCUT2D eigenvalue weighted by Crippen LogP contribution is -2.47. The van der Waals surface area contributed by atoms with Crippen LogP contribution in [0.5, 0.6) is 0 Å². The standard InChI is InChI=1S/C27H30N6O6/c1-3-27(19-12-8-5-9-13-19)24(36)33(26(38)30-27)17-20(34)32(16-18-10-6-4-7-11-18)21-22(28)31(14-15-39-2)25(37)29-23(21)35/h4-13H,3,14-17,28H2,1-2H3,(H,30,38)(H,29,35,37)/t27-/m1/s1. The number of benzene rings is 2. The summed E-state index contributed by atoms with van der Waals surface area (Å²) in [4.78, 5) is 69.9. The number of aromatic amines is 1. The lowest BCUT2D eigenvalue weighted by molar-refractivity contribution is -0.134. The molecule has 1 fully saturated rings. The molecule has 2 heterocycles. The van der Waals surface area contributed by atoms with E-state index >= 15 is 0 Å². The van der Waals surface area contributed by atoms with Crippen LogP contribution in [0.3, 0.4) is 0 Å². The molecule has 0 saturated carbocycles. The molecule has 1 saturated heterocycles. The molecular weight excluding hydrogens is 504 g/mol. The summed E-state index contributed by atoms with van der Waals surface area (Å²) in [5.74, 6) is -1.56. The Morgan fingerprint density at radius 2 is 1.67 bits per heavy atom. The predicted molar refractivity (Wildman–Crippen MR) is 144 cm³/mol. The van der Waals surface area contributed by atoms with Gasteiger partial charge in [0.25, 0.3) is 11.5 Å². The van der Waals surface area contributed by atoms with Crippen molar-refractivity contribution < 1.29 is 19.1 Å². The van der Waals surface area contributed by atoms with Crippen molar-refractivity contribution in [3.63, 3.8) is 0 Å². The fraction of sp³-hybridized carbons (Fsp3) is 0.296. The van der Waals surface area contributed by atoms with Crippen LogP contribution < -0.4 is 27.2 Å². The van der Waals surface area contributed by atoms with Crippen molar-refractivity contribution in [1.82, 2.24) is 19.8 Å². The first kappa shape index (κ1) is 27.3. The number of methoxy groups -OCH3 is 1. The summed E-state index contributed by atoms with van der Waals surface area (Å²) in [6.45, 7) is 1.17. The number of imide groups is 1. The number of H-pyrrole nitrogens is 1. The summed E-state index contributed by atoms with van der Waals surface area (Å²) in [5.41, 5.74) is 4.28. The molecule has 39 heavy (non-hydrogen) atoms. The van der Waals surface area contributed by atoms with E-state index in [4.69, 9.17) is 10.5 Å². The molecule has 0 unspecified atom stereocenters. The first-order valence-electron chi connectivity index (χ1n) is 12.4. The minimum Gasteiger partial charge on any atom is -0.383 e. The van der Waals surface area contributed by atoms with Gasteiger partial charge in [-0.05, 0) is 17.5 Å². The molecule has 0 bridgehead atoms. The molecule has 0 radical (unpaired) electrons. The molecule has 4 N–H and O–H groups in total. The van der Waals surface area contributed by atoms with Gasteiger partial charge in [-0.1, -0.05) is 67.6 Å². The van der Waals surface area contributed by atoms with E-state index in [1.54, 1.807) is 67.6 Å². The molecule has 2 aromatic carbocycles. The van der Waals surface area contributed by atoms with Gasteiger partial charge in [0.2, 0.25) is 5.91 Å². The second-order valence-corrected chi connectivity index (χ2v) is 9.05.